The van der Waals surface area contributed by atoms with Gasteiger partial charge in [0.1, 0.15) is 5.75 Å². The highest BCUT2D eigenvalue weighted by Gasteiger charge is 2.23. The lowest BCUT2D eigenvalue weighted by atomic mass is 10.2. The van der Waals surface area contributed by atoms with E-state index in [9.17, 15) is 0 Å². The summed E-state index contributed by atoms with van der Waals surface area (Å²) in [6, 6.07) is 10.0. The Kier molecular flexibility index (Phi) is 4.53. The molecule has 0 bridgehead atoms. The summed E-state index contributed by atoms with van der Waals surface area (Å²) < 4.78 is 7.57. The second-order valence-corrected chi connectivity index (χ2v) is 9.24. The van der Waals surface area contributed by atoms with Crippen molar-refractivity contribution >= 4 is 65.0 Å². The number of methoxy groups -OCH3 is 1. The van der Waals surface area contributed by atoms with Crippen LogP contribution in [-0.4, -0.2) is 43.3 Å². The minimum Gasteiger partial charge on any atom is -0.497 e. The van der Waals surface area contributed by atoms with Crippen LogP contribution < -0.4 is 14.5 Å². The molecule has 0 unspecified atom stereocenters. The summed E-state index contributed by atoms with van der Waals surface area (Å²) in [4.78, 5) is 14.4. The minimum absolute atomic E-state index is 0.785. The van der Waals surface area contributed by atoms with Crippen LogP contribution in [0.3, 0.4) is 0 Å². The second kappa shape index (κ2) is 7.06. The van der Waals surface area contributed by atoms with E-state index in [1.54, 1.807) is 29.8 Å². The Morgan fingerprint density at radius 1 is 0.964 bits per heavy atom. The van der Waals surface area contributed by atoms with E-state index in [1.807, 2.05) is 24.3 Å². The molecule has 0 radical (unpaired) electrons. The largest absolute Gasteiger partial charge is 0.497 e. The zero-order valence-electron chi connectivity index (χ0n) is 15.6. The van der Waals surface area contributed by atoms with Crippen molar-refractivity contribution in [2.24, 2.45) is 0 Å². The normalized spacial score (nSPS) is 15.0. The number of hydrogen-bond acceptors (Lipinski definition) is 7. The zero-order chi connectivity index (χ0) is 19.3. The Morgan fingerprint density at radius 3 is 2.36 bits per heavy atom. The molecule has 0 spiro atoms. The Labute approximate surface area is 176 Å². The molecule has 8 heteroatoms. The first-order valence-corrected chi connectivity index (χ1v) is 11.1. The number of anilines is 2. The van der Waals surface area contributed by atoms with Crippen LogP contribution in [0.4, 0.5) is 10.3 Å². The van der Waals surface area contributed by atoms with Gasteiger partial charge in [-0.25, -0.2) is 9.97 Å². The van der Waals surface area contributed by atoms with Crippen molar-refractivity contribution in [3.63, 3.8) is 0 Å². The van der Waals surface area contributed by atoms with Crippen LogP contribution in [0.2, 0.25) is 5.02 Å². The fraction of sp³-hybridized carbons (Fsp3) is 0.300. The standard InChI is InChI=1S/C20H19ClN4OS2/c1-12-3-5-14(21)18-17(12)23-20(28-18)25-9-7-24(8-10-25)19-22-15-6-4-13(26-2)11-16(15)27-19/h3-6,11H,7-10H2,1-2H3. The number of halogens is 1. The lowest BCUT2D eigenvalue weighted by Gasteiger charge is -2.34. The summed E-state index contributed by atoms with van der Waals surface area (Å²) in [5, 5.41) is 2.92. The Balaban J connectivity index is 1.35. The highest BCUT2D eigenvalue weighted by atomic mass is 35.5. The third kappa shape index (κ3) is 3.07. The number of piperazine rings is 1. The Bertz CT molecular complexity index is 1120. The molecule has 2 aromatic heterocycles. The van der Waals surface area contributed by atoms with Crippen LogP contribution in [0.15, 0.2) is 30.3 Å². The summed E-state index contributed by atoms with van der Waals surface area (Å²) in [6.07, 6.45) is 0. The average Bonchev–Trinajstić information content (AvgIpc) is 3.35. The number of hydrogen-bond donors (Lipinski definition) is 0. The van der Waals surface area contributed by atoms with Gasteiger partial charge in [0.15, 0.2) is 10.3 Å². The molecule has 2 aromatic carbocycles. The second-order valence-electron chi connectivity index (χ2n) is 6.84. The molecule has 28 heavy (non-hydrogen) atoms. The third-order valence-corrected chi connectivity index (χ3v) is 7.75. The highest BCUT2D eigenvalue weighted by Crippen LogP contribution is 2.37. The summed E-state index contributed by atoms with van der Waals surface area (Å²) in [6.45, 7) is 5.80. The number of ether oxygens (including phenoxy) is 1. The summed E-state index contributed by atoms with van der Waals surface area (Å²) >= 11 is 9.78. The molecule has 1 saturated heterocycles. The van der Waals surface area contributed by atoms with Gasteiger partial charge in [0.05, 0.1) is 32.6 Å². The molecule has 0 amide bonds. The van der Waals surface area contributed by atoms with Gasteiger partial charge in [-0.3, -0.25) is 0 Å². The van der Waals surface area contributed by atoms with Gasteiger partial charge >= 0.3 is 0 Å². The molecule has 1 aliphatic heterocycles. The van der Waals surface area contributed by atoms with Gasteiger partial charge in [-0.2, -0.15) is 0 Å². The lowest BCUT2D eigenvalue weighted by Crippen LogP contribution is -2.46. The molecular formula is C20H19ClN4OS2. The number of thiazole rings is 2. The quantitative estimate of drug-likeness (QED) is 0.446. The molecule has 0 saturated carbocycles. The number of rotatable bonds is 3. The smallest absolute Gasteiger partial charge is 0.186 e. The highest BCUT2D eigenvalue weighted by molar-refractivity contribution is 7.23. The van der Waals surface area contributed by atoms with Gasteiger partial charge in [-0.15, -0.1) is 0 Å². The zero-order valence-corrected chi connectivity index (χ0v) is 18.0. The van der Waals surface area contributed by atoms with E-state index in [-0.39, 0.29) is 0 Å². The van der Waals surface area contributed by atoms with E-state index in [0.29, 0.717) is 0 Å². The van der Waals surface area contributed by atoms with Crippen molar-refractivity contribution in [2.75, 3.05) is 43.1 Å². The maximum Gasteiger partial charge on any atom is 0.186 e. The van der Waals surface area contributed by atoms with Gasteiger partial charge < -0.3 is 14.5 Å². The number of fused-ring (bicyclic) bond motifs is 2. The van der Waals surface area contributed by atoms with Gasteiger partial charge in [0, 0.05) is 26.2 Å². The third-order valence-electron chi connectivity index (χ3n) is 5.09. The predicted molar refractivity (Wildman–Crippen MR) is 120 cm³/mol. The number of benzene rings is 2. The van der Waals surface area contributed by atoms with Crippen molar-refractivity contribution in [1.29, 1.82) is 0 Å². The molecule has 0 atom stereocenters. The first-order chi connectivity index (χ1) is 13.6. The number of aromatic nitrogens is 2. The molecule has 0 aliphatic carbocycles. The fourth-order valence-electron chi connectivity index (χ4n) is 3.47. The molecule has 1 aliphatic rings. The molecule has 4 aromatic rings. The van der Waals surface area contributed by atoms with Crippen molar-refractivity contribution < 1.29 is 4.74 Å². The average molecular weight is 431 g/mol. The van der Waals surface area contributed by atoms with E-state index in [0.717, 1.165) is 67.6 Å². The minimum atomic E-state index is 0.785. The monoisotopic (exact) mass is 430 g/mol. The number of nitrogens with zero attached hydrogens (tertiary/aromatic N) is 4. The summed E-state index contributed by atoms with van der Waals surface area (Å²) in [7, 11) is 1.69. The SMILES string of the molecule is COc1ccc2nc(N3CCN(c4nc5c(C)ccc(Cl)c5s4)CC3)sc2c1. The number of aryl methyl sites for hydroxylation is 1. The lowest BCUT2D eigenvalue weighted by molar-refractivity contribution is 0.415. The molecule has 1 fully saturated rings. The maximum absolute atomic E-state index is 6.37. The van der Waals surface area contributed by atoms with E-state index in [1.165, 1.54) is 5.56 Å². The van der Waals surface area contributed by atoms with Crippen molar-refractivity contribution in [3.8, 4) is 5.75 Å². The van der Waals surface area contributed by atoms with Gasteiger partial charge in [0.25, 0.3) is 0 Å². The van der Waals surface area contributed by atoms with E-state index >= 15 is 0 Å². The van der Waals surface area contributed by atoms with Crippen LogP contribution in [0.1, 0.15) is 5.56 Å². The van der Waals surface area contributed by atoms with E-state index < -0.39 is 0 Å². The summed E-state index contributed by atoms with van der Waals surface area (Å²) in [5.41, 5.74) is 3.22. The van der Waals surface area contributed by atoms with Gasteiger partial charge in [-0.1, -0.05) is 40.3 Å². The first-order valence-electron chi connectivity index (χ1n) is 9.12. The van der Waals surface area contributed by atoms with Crippen LogP contribution in [0.25, 0.3) is 20.4 Å². The predicted octanol–water partition coefficient (Wildman–Crippen LogP) is 5.20. The first kappa shape index (κ1) is 18.0. The fourth-order valence-corrected chi connectivity index (χ4v) is 5.88. The van der Waals surface area contributed by atoms with Crippen LogP contribution in [0.5, 0.6) is 5.75 Å². The molecule has 144 valence electrons. The van der Waals surface area contributed by atoms with Gasteiger partial charge in [-0.05, 0) is 36.8 Å². The van der Waals surface area contributed by atoms with Crippen molar-refractivity contribution in [3.05, 3.63) is 40.9 Å². The molecule has 3 heterocycles. The van der Waals surface area contributed by atoms with Crippen LogP contribution in [-0.2, 0) is 0 Å². The van der Waals surface area contributed by atoms with Crippen LogP contribution in [0, 0.1) is 6.92 Å². The maximum atomic E-state index is 6.37. The Hall–Kier alpha value is -2.09. The van der Waals surface area contributed by atoms with Gasteiger partial charge in [0.2, 0.25) is 0 Å². The Morgan fingerprint density at radius 2 is 1.68 bits per heavy atom. The summed E-state index contributed by atoms with van der Waals surface area (Å²) in [5.74, 6) is 0.873. The molecular weight excluding hydrogens is 412 g/mol. The van der Waals surface area contributed by atoms with Crippen LogP contribution >= 0.6 is 34.3 Å². The molecule has 0 N–H and O–H groups in total. The van der Waals surface area contributed by atoms with Crippen molar-refractivity contribution in [2.45, 2.75) is 6.92 Å². The molecule has 5 nitrogen and oxygen atoms in total. The van der Waals surface area contributed by atoms with Crippen molar-refractivity contribution in [1.82, 2.24) is 9.97 Å². The van der Waals surface area contributed by atoms with E-state index in [4.69, 9.17) is 26.3 Å². The topological polar surface area (TPSA) is 41.5 Å². The van der Waals surface area contributed by atoms with E-state index in [2.05, 4.69) is 22.8 Å². The molecule has 5 rings (SSSR count).